The zero-order valence-corrected chi connectivity index (χ0v) is 20.2. The Bertz CT molecular complexity index is 1480. The molecule has 1 unspecified atom stereocenters. The molecule has 0 saturated carbocycles. The SMILES string of the molecule is CC1C(=O)Nc2ccc(C(=O)CSc3nnc(-c4ccccc4)n3Cc3ccc4c(c3)OCO4)cc21. The maximum absolute atomic E-state index is 13.1. The van der Waals surface area contributed by atoms with Crippen LogP contribution in [0.3, 0.4) is 0 Å². The second-order valence-corrected chi connectivity index (χ2v) is 9.61. The Kier molecular flexibility index (Phi) is 5.69. The van der Waals surface area contributed by atoms with Gasteiger partial charge < -0.3 is 14.8 Å². The van der Waals surface area contributed by atoms with E-state index in [4.69, 9.17) is 9.47 Å². The summed E-state index contributed by atoms with van der Waals surface area (Å²) >= 11 is 1.35. The Morgan fingerprint density at radius 1 is 1.06 bits per heavy atom. The average molecular weight is 499 g/mol. The summed E-state index contributed by atoms with van der Waals surface area (Å²) in [4.78, 5) is 25.0. The lowest BCUT2D eigenvalue weighted by Crippen LogP contribution is -2.08. The zero-order chi connectivity index (χ0) is 24.6. The lowest BCUT2D eigenvalue weighted by atomic mass is 9.99. The molecule has 0 bridgehead atoms. The molecule has 36 heavy (non-hydrogen) atoms. The standard InChI is InChI=1S/C27H22N4O4S/c1-16-20-12-19(8-9-21(20)28-26(16)33)22(32)14-36-27-30-29-25(18-5-3-2-4-6-18)31(27)13-17-7-10-23-24(11-17)35-15-34-23/h2-12,16H,13-15H2,1H3,(H,28,33). The Morgan fingerprint density at radius 2 is 1.89 bits per heavy atom. The number of amides is 1. The second-order valence-electron chi connectivity index (χ2n) is 8.67. The molecular weight excluding hydrogens is 476 g/mol. The van der Waals surface area contributed by atoms with Gasteiger partial charge in [-0.05, 0) is 48.4 Å². The van der Waals surface area contributed by atoms with E-state index >= 15 is 0 Å². The average Bonchev–Trinajstić information content (AvgIpc) is 3.60. The van der Waals surface area contributed by atoms with Crippen LogP contribution in [0.5, 0.6) is 11.5 Å². The van der Waals surface area contributed by atoms with Gasteiger partial charge in [-0.25, -0.2) is 0 Å². The summed E-state index contributed by atoms with van der Waals surface area (Å²) in [6.45, 7) is 2.57. The molecule has 0 aliphatic carbocycles. The van der Waals surface area contributed by atoms with E-state index in [1.54, 1.807) is 12.1 Å². The number of ketones is 1. The van der Waals surface area contributed by atoms with E-state index in [0.717, 1.165) is 34.0 Å². The lowest BCUT2D eigenvalue weighted by Gasteiger charge is -2.11. The molecule has 180 valence electrons. The Morgan fingerprint density at radius 3 is 2.75 bits per heavy atom. The number of Topliss-reactive ketones (excluding diaryl/α,β-unsaturated/α-hetero) is 1. The third kappa shape index (κ3) is 4.11. The van der Waals surface area contributed by atoms with Gasteiger partial charge in [0, 0.05) is 16.8 Å². The summed E-state index contributed by atoms with van der Waals surface area (Å²) < 4.78 is 13.0. The quantitative estimate of drug-likeness (QED) is 0.290. The number of ether oxygens (including phenoxy) is 2. The minimum Gasteiger partial charge on any atom is -0.454 e. The molecule has 3 heterocycles. The van der Waals surface area contributed by atoms with Crippen LogP contribution in [0.15, 0.2) is 71.9 Å². The van der Waals surface area contributed by atoms with Gasteiger partial charge in [0.2, 0.25) is 12.7 Å². The van der Waals surface area contributed by atoms with Gasteiger partial charge >= 0.3 is 0 Å². The number of hydrogen-bond acceptors (Lipinski definition) is 7. The highest BCUT2D eigenvalue weighted by Crippen LogP contribution is 2.35. The van der Waals surface area contributed by atoms with Crippen LogP contribution in [0.2, 0.25) is 0 Å². The van der Waals surface area contributed by atoms with Crippen molar-refractivity contribution in [1.82, 2.24) is 14.8 Å². The van der Waals surface area contributed by atoms with Gasteiger partial charge in [0.15, 0.2) is 28.3 Å². The molecule has 1 amide bonds. The topological polar surface area (TPSA) is 95.3 Å². The minimum absolute atomic E-state index is 0.0340. The maximum Gasteiger partial charge on any atom is 0.231 e. The van der Waals surface area contributed by atoms with Gasteiger partial charge in [-0.15, -0.1) is 10.2 Å². The van der Waals surface area contributed by atoms with E-state index in [-0.39, 0.29) is 30.2 Å². The number of fused-ring (bicyclic) bond motifs is 2. The zero-order valence-electron chi connectivity index (χ0n) is 19.4. The minimum atomic E-state index is -0.265. The highest BCUT2D eigenvalue weighted by Gasteiger charge is 2.27. The van der Waals surface area contributed by atoms with Gasteiger partial charge in [-0.1, -0.05) is 48.2 Å². The summed E-state index contributed by atoms with van der Waals surface area (Å²) in [7, 11) is 0. The van der Waals surface area contributed by atoms with Gasteiger partial charge in [-0.3, -0.25) is 14.2 Å². The fourth-order valence-corrected chi connectivity index (χ4v) is 5.20. The largest absolute Gasteiger partial charge is 0.454 e. The van der Waals surface area contributed by atoms with Crippen molar-refractivity contribution < 1.29 is 19.1 Å². The summed E-state index contributed by atoms with van der Waals surface area (Å²) in [5.74, 6) is 2.01. The van der Waals surface area contributed by atoms with Crippen LogP contribution in [-0.2, 0) is 11.3 Å². The van der Waals surface area contributed by atoms with Crippen molar-refractivity contribution in [1.29, 1.82) is 0 Å². The first kappa shape index (κ1) is 22.4. The maximum atomic E-state index is 13.1. The molecule has 2 aliphatic rings. The van der Waals surface area contributed by atoms with Crippen LogP contribution in [0.25, 0.3) is 11.4 Å². The van der Waals surface area contributed by atoms with E-state index in [9.17, 15) is 9.59 Å². The molecule has 0 spiro atoms. The molecule has 0 fully saturated rings. The number of carbonyl (C=O) groups is 2. The van der Waals surface area contributed by atoms with Crippen LogP contribution in [0.4, 0.5) is 5.69 Å². The Balaban J connectivity index is 1.26. The van der Waals surface area contributed by atoms with Crippen LogP contribution >= 0.6 is 11.8 Å². The van der Waals surface area contributed by atoms with Crippen LogP contribution < -0.4 is 14.8 Å². The number of rotatable bonds is 7. The number of benzene rings is 3. The molecule has 3 aromatic carbocycles. The number of nitrogens with one attached hydrogen (secondary N) is 1. The number of carbonyl (C=O) groups excluding carboxylic acids is 2. The fourth-order valence-electron chi connectivity index (χ4n) is 4.36. The number of nitrogens with zero attached hydrogens (tertiary/aromatic N) is 3. The molecule has 1 N–H and O–H groups in total. The monoisotopic (exact) mass is 498 g/mol. The molecule has 6 rings (SSSR count). The lowest BCUT2D eigenvalue weighted by molar-refractivity contribution is -0.116. The number of anilines is 1. The molecule has 4 aromatic rings. The van der Waals surface area contributed by atoms with E-state index in [0.29, 0.717) is 23.0 Å². The van der Waals surface area contributed by atoms with Gasteiger partial charge in [-0.2, -0.15) is 0 Å². The third-order valence-electron chi connectivity index (χ3n) is 6.35. The Hall–Kier alpha value is -4.11. The number of hydrogen-bond donors (Lipinski definition) is 1. The molecule has 9 heteroatoms. The predicted molar refractivity (Wildman–Crippen MR) is 136 cm³/mol. The normalized spacial score (nSPS) is 15.6. The van der Waals surface area contributed by atoms with E-state index < -0.39 is 0 Å². The van der Waals surface area contributed by atoms with Crippen molar-refractivity contribution in [3.8, 4) is 22.9 Å². The van der Waals surface area contributed by atoms with Crippen LogP contribution in [0, 0.1) is 0 Å². The summed E-state index contributed by atoms with van der Waals surface area (Å²) in [5, 5.41) is 12.4. The summed E-state index contributed by atoms with van der Waals surface area (Å²) in [5.41, 5.74) is 4.15. The molecule has 0 saturated heterocycles. The van der Waals surface area contributed by atoms with Crippen molar-refractivity contribution in [3.63, 3.8) is 0 Å². The van der Waals surface area contributed by atoms with Gasteiger partial charge in [0.05, 0.1) is 18.2 Å². The van der Waals surface area contributed by atoms with Crippen molar-refractivity contribution in [2.45, 2.75) is 24.5 Å². The molecule has 8 nitrogen and oxygen atoms in total. The van der Waals surface area contributed by atoms with Crippen molar-refractivity contribution in [2.24, 2.45) is 0 Å². The van der Waals surface area contributed by atoms with Crippen molar-refractivity contribution in [2.75, 3.05) is 17.9 Å². The smallest absolute Gasteiger partial charge is 0.231 e. The van der Waals surface area contributed by atoms with Gasteiger partial charge in [0.1, 0.15) is 0 Å². The van der Waals surface area contributed by atoms with Crippen molar-refractivity contribution >= 4 is 29.1 Å². The molecule has 2 aliphatic heterocycles. The second kappa shape index (κ2) is 9.16. The highest BCUT2D eigenvalue weighted by atomic mass is 32.2. The highest BCUT2D eigenvalue weighted by molar-refractivity contribution is 7.99. The molecule has 1 atom stereocenters. The first-order valence-corrected chi connectivity index (χ1v) is 12.5. The molecule has 1 aromatic heterocycles. The number of aromatic nitrogens is 3. The van der Waals surface area contributed by atoms with E-state index in [1.807, 2.05) is 66.1 Å². The fraction of sp³-hybridized carbons (Fsp3) is 0.185. The van der Waals surface area contributed by atoms with Crippen LogP contribution in [0.1, 0.15) is 34.3 Å². The summed E-state index contributed by atoms with van der Waals surface area (Å²) in [6, 6.07) is 21.1. The van der Waals surface area contributed by atoms with Crippen LogP contribution in [-0.4, -0.2) is 39.0 Å². The first-order valence-electron chi connectivity index (χ1n) is 11.5. The Labute approximate surface area is 211 Å². The molecule has 0 radical (unpaired) electrons. The van der Waals surface area contributed by atoms with Gasteiger partial charge in [0.25, 0.3) is 0 Å². The molecular formula is C27H22N4O4S. The summed E-state index contributed by atoms with van der Waals surface area (Å²) in [6.07, 6.45) is 0. The first-order chi connectivity index (χ1) is 17.6. The predicted octanol–water partition coefficient (Wildman–Crippen LogP) is 4.75. The van der Waals surface area contributed by atoms with E-state index in [2.05, 4.69) is 15.5 Å². The van der Waals surface area contributed by atoms with Crippen molar-refractivity contribution in [3.05, 3.63) is 83.4 Å². The third-order valence-corrected chi connectivity index (χ3v) is 7.32. The number of thioether (sulfide) groups is 1. The van der Waals surface area contributed by atoms with E-state index in [1.165, 1.54) is 11.8 Å².